The minimum atomic E-state index is -0.300. The number of rotatable bonds is 5. The van der Waals surface area contributed by atoms with Crippen molar-refractivity contribution in [1.82, 2.24) is 4.98 Å². The van der Waals surface area contributed by atoms with E-state index in [2.05, 4.69) is 39.1 Å². The van der Waals surface area contributed by atoms with Crippen LogP contribution in [0.1, 0.15) is 28.5 Å². The van der Waals surface area contributed by atoms with Crippen molar-refractivity contribution < 1.29 is 9.59 Å². The monoisotopic (exact) mass is 374 g/mol. The molecular weight excluding hydrogens is 352 g/mol. The summed E-state index contributed by atoms with van der Waals surface area (Å²) in [7, 11) is 0. The maximum atomic E-state index is 12.4. The van der Waals surface area contributed by atoms with Crippen molar-refractivity contribution in [1.29, 1.82) is 0 Å². The fraction of sp³-hybridized carbons (Fsp3) is 0.136. The average Bonchev–Trinajstić information content (AvgIpc) is 2.66. The molecule has 3 rings (SSSR count). The van der Waals surface area contributed by atoms with Crippen LogP contribution in [0.4, 0.5) is 22.7 Å². The summed E-state index contributed by atoms with van der Waals surface area (Å²) < 4.78 is 0. The van der Waals surface area contributed by atoms with E-state index in [1.54, 1.807) is 36.5 Å². The first-order valence-electron chi connectivity index (χ1n) is 8.90. The van der Waals surface area contributed by atoms with Crippen LogP contribution in [0.2, 0.25) is 0 Å². The molecule has 1 heterocycles. The van der Waals surface area contributed by atoms with Gasteiger partial charge in [0.05, 0.1) is 11.9 Å². The second-order valence-electron chi connectivity index (χ2n) is 6.59. The molecule has 0 spiro atoms. The topological polar surface area (TPSA) is 83.1 Å². The van der Waals surface area contributed by atoms with E-state index in [-0.39, 0.29) is 11.8 Å². The van der Waals surface area contributed by atoms with Crippen LogP contribution in [0.25, 0.3) is 0 Å². The third kappa shape index (κ3) is 4.94. The Morgan fingerprint density at radius 3 is 2.07 bits per heavy atom. The Hall–Kier alpha value is -3.67. The molecule has 0 aliphatic heterocycles. The molecule has 1 aromatic heterocycles. The Morgan fingerprint density at radius 1 is 0.821 bits per heavy atom. The molecule has 0 fully saturated rings. The van der Waals surface area contributed by atoms with Gasteiger partial charge in [-0.2, -0.15) is 0 Å². The molecule has 0 unspecified atom stereocenters. The van der Waals surface area contributed by atoms with Gasteiger partial charge in [-0.05, 0) is 67.4 Å². The fourth-order valence-electron chi connectivity index (χ4n) is 2.66. The van der Waals surface area contributed by atoms with Crippen molar-refractivity contribution in [2.75, 3.05) is 16.0 Å². The molecular formula is C22H22N4O2. The number of benzene rings is 2. The Bertz CT molecular complexity index is 996. The van der Waals surface area contributed by atoms with E-state index in [0.717, 1.165) is 16.9 Å². The zero-order valence-corrected chi connectivity index (χ0v) is 16.0. The summed E-state index contributed by atoms with van der Waals surface area (Å²) in [5, 5.41) is 8.79. The molecule has 0 saturated heterocycles. The molecule has 28 heavy (non-hydrogen) atoms. The van der Waals surface area contributed by atoms with E-state index in [0.29, 0.717) is 17.1 Å². The van der Waals surface area contributed by atoms with E-state index in [1.807, 2.05) is 19.9 Å². The highest BCUT2D eigenvalue weighted by Gasteiger charge is 2.08. The van der Waals surface area contributed by atoms with Crippen LogP contribution >= 0.6 is 0 Å². The van der Waals surface area contributed by atoms with Crippen molar-refractivity contribution in [2.24, 2.45) is 0 Å². The van der Waals surface area contributed by atoms with Crippen molar-refractivity contribution in [3.05, 3.63) is 77.6 Å². The smallest absolute Gasteiger partial charge is 0.274 e. The zero-order chi connectivity index (χ0) is 20.1. The summed E-state index contributed by atoms with van der Waals surface area (Å²) in [5.74, 6) is -0.443. The van der Waals surface area contributed by atoms with E-state index < -0.39 is 0 Å². The summed E-state index contributed by atoms with van der Waals surface area (Å²) >= 11 is 0. The number of aryl methyl sites for hydroxylation is 2. The van der Waals surface area contributed by atoms with Gasteiger partial charge in [-0.25, -0.2) is 4.98 Å². The molecule has 142 valence electrons. The SMILES string of the molecule is CC(=O)Nc1ccc(NC(=O)c2ccc(Nc3cc(C)ccc3C)cn2)cc1. The Morgan fingerprint density at radius 2 is 1.46 bits per heavy atom. The largest absolute Gasteiger partial charge is 0.354 e. The molecule has 0 saturated carbocycles. The molecule has 3 N–H and O–H groups in total. The van der Waals surface area contributed by atoms with Crippen LogP contribution in [0, 0.1) is 13.8 Å². The van der Waals surface area contributed by atoms with Gasteiger partial charge in [-0.3, -0.25) is 9.59 Å². The lowest BCUT2D eigenvalue weighted by Gasteiger charge is -2.11. The number of aromatic nitrogens is 1. The van der Waals surface area contributed by atoms with Gasteiger partial charge in [0.1, 0.15) is 5.69 Å². The minimum absolute atomic E-state index is 0.143. The fourth-order valence-corrected chi connectivity index (χ4v) is 2.66. The molecule has 0 aliphatic rings. The third-order valence-corrected chi connectivity index (χ3v) is 4.13. The predicted octanol–water partition coefficient (Wildman–Crippen LogP) is 4.65. The molecule has 3 aromatic rings. The summed E-state index contributed by atoms with van der Waals surface area (Å²) in [6.07, 6.45) is 1.64. The number of anilines is 4. The predicted molar refractivity (Wildman–Crippen MR) is 112 cm³/mol. The quantitative estimate of drug-likeness (QED) is 0.607. The van der Waals surface area contributed by atoms with Crippen LogP contribution in [0.15, 0.2) is 60.8 Å². The van der Waals surface area contributed by atoms with Gasteiger partial charge in [0.2, 0.25) is 5.91 Å². The Balaban J connectivity index is 1.65. The second-order valence-corrected chi connectivity index (χ2v) is 6.59. The molecule has 0 aliphatic carbocycles. The standard InChI is InChI=1S/C22H22N4O2/c1-14-4-5-15(2)21(12-14)25-19-10-11-20(23-13-19)22(28)26-18-8-6-17(7-9-18)24-16(3)27/h4-13,25H,1-3H3,(H,24,27)(H,26,28). The van der Waals surface area contributed by atoms with E-state index in [9.17, 15) is 9.59 Å². The minimum Gasteiger partial charge on any atom is -0.354 e. The summed E-state index contributed by atoms with van der Waals surface area (Å²) in [6, 6.07) is 16.6. The number of amides is 2. The Labute approximate surface area is 164 Å². The third-order valence-electron chi connectivity index (χ3n) is 4.13. The van der Waals surface area contributed by atoms with Crippen LogP contribution in [-0.2, 0) is 4.79 Å². The average molecular weight is 374 g/mol. The maximum absolute atomic E-state index is 12.4. The maximum Gasteiger partial charge on any atom is 0.274 e. The molecule has 0 radical (unpaired) electrons. The van der Waals surface area contributed by atoms with Gasteiger partial charge >= 0.3 is 0 Å². The van der Waals surface area contributed by atoms with Crippen LogP contribution in [-0.4, -0.2) is 16.8 Å². The highest BCUT2D eigenvalue weighted by molar-refractivity contribution is 6.03. The lowest BCUT2D eigenvalue weighted by molar-refractivity contribution is -0.114. The van der Waals surface area contributed by atoms with E-state index in [4.69, 9.17) is 0 Å². The molecule has 2 amide bonds. The summed E-state index contributed by atoms with van der Waals surface area (Å²) in [5.41, 5.74) is 5.74. The van der Waals surface area contributed by atoms with Crippen molar-refractivity contribution >= 4 is 34.6 Å². The number of carbonyl (C=O) groups is 2. The van der Waals surface area contributed by atoms with Crippen LogP contribution in [0.5, 0.6) is 0 Å². The van der Waals surface area contributed by atoms with Crippen molar-refractivity contribution in [2.45, 2.75) is 20.8 Å². The normalized spacial score (nSPS) is 10.2. The van der Waals surface area contributed by atoms with Gasteiger partial charge in [0, 0.05) is 24.0 Å². The molecule has 0 atom stereocenters. The number of carbonyl (C=O) groups excluding carboxylic acids is 2. The van der Waals surface area contributed by atoms with Crippen molar-refractivity contribution in [3.63, 3.8) is 0 Å². The summed E-state index contributed by atoms with van der Waals surface area (Å²) in [4.78, 5) is 27.7. The van der Waals surface area contributed by atoms with Crippen LogP contribution in [0.3, 0.4) is 0 Å². The van der Waals surface area contributed by atoms with Gasteiger partial charge in [-0.1, -0.05) is 12.1 Å². The molecule has 6 heteroatoms. The molecule has 2 aromatic carbocycles. The first-order valence-corrected chi connectivity index (χ1v) is 8.90. The number of hydrogen-bond donors (Lipinski definition) is 3. The Kier molecular flexibility index (Phi) is 5.69. The number of pyridine rings is 1. The lowest BCUT2D eigenvalue weighted by Crippen LogP contribution is -2.13. The van der Waals surface area contributed by atoms with E-state index in [1.165, 1.54) is 12.5 Å². The zero-order valence-electron chi connectivity index (χ0n) is 16.0. The lowest BCUT2D eigenvalue weighted by atomic mass is 10.1. The summed E-state index contributed by atoms with van der Waals surface area (Å²) in [6.45, 7) is 5.52. The number of nitrogens with one attached hydrogen (secondary N) is 3. The highest BCUT2D eigenvalue weighted by atomic mass is 16.2. The van der Waals surface area contributed by atoms with Gasteiger partial charge in [-0.15, -0.1) is 0 Å². The van der Waals surface area contributed by atoms with Gasteiger partial charge in [0.25, 0.3) is 5.91 Å². The number of hydrogen-bond acceptors (Lipinski definition) is 4. The number of nitrogens with zero attached hydrogens (tertiary/aromatic N) is 1. The second kappa shape index (κ2) is 8.35. The van der Waals surface area contributed by atoms with Gasteiger partial charge in [0.15, 0.2) is 0 Å². The van der Waals surface area contributed by atoms with Crippen molar-refractivity contribution in [3.8, 4) is 0 Å². The molecule has 0 bridgehead atoms. The van der Waals surface area contributed by atoms with Crippen LogP contribution < -0.4 is 16.0 Å². The highest BCUT2D eigenvalue weighted by Crippen LogP contribution is 2.21. The first-order chi connectivity index (χ1) is 13.4. The molecule has 6 nitrogen and oxygen atoms in total. The van der Waals surface area contributed by atoms with E-state index >= 15 is 0 Å². The van der Waals surface area contributed by atoms with Gasteiger partial charge < -0.3 is 16.0 Å². The first kappa shape index (κ1) is 19.1.